The molecule has 0 unspecified atom stereocenters. The monoisotopic (exact) mass is 294 g/mol. The molecule has 4 heteroatoms. The van der Waals surface area contributed by atoms with Crippen LogP contribution < -0.4 is 5.73 Å². The van der Waals surface area contributed by atoms with Gasteiger partial charge in [0.15, 0.2) is 5.65 Å². The number of rotatable bonds is 5. The first-order valence-corrected chi connectivity index (χ1v) is 7.75. The molecule has 0 saturated heterocycles. The van der Waals surface area contributed by atoms with Gasteiger partial charge < -0.3 is 10.3 Å². The zero-order chi connectivity index (χ0) is 15.5. The van der Waals surface area contributed by atoms with E-state index in [-0.39, 0.29) is 0 Å². The Morgan fingerprint density at radius 3 is 2.55 bits per heavy atom. The minimum atomic E-state index is 0.596. The van der Waals surface area contributed by atoms with Crippen LogP contribution in [0, 0.1) is 13.8 Å². The van der Waals surface area contributed by atoms with Crippen LogP contribution in [-0.4, -0.2) is 21.1 Å². The van der Waals surface area contributed by atoms with Crippen LogP contribution in [-0.2, 0) is 19.4 Å². The van der Waals surface area contributed by atoms with Crippen LogP contribution in [0.2, 0.25) is 0 Å². The Bertz CT molecular complexity index is 772. The van der Waals surface area contributed by atoms with Crippen molar-refractivity contribution in [2.75, 3.05) is 6.54 Å². The highest BCUT2D eigenvalue weighted by Crippen LogP contribution is 2.17. The SMILES string of the molecule is Cc1ccc(CCc2nc3cc(C)cnc3n2CCN)cc1. The average Bonchev–Trinajstić information content (AvgIpc) is 2.84. The highest BCUT2D eigenvalue weighted by atomic mass is 15.1. The van der Waals surface area contributed by atoms with E-state index in [9.17, 15) is 0 Å². The van der Waals surface area contributed by atoms with Gasteiger partial charge in [-0.1, -0.05) is 29.8 Å². The van der Waals surface area contributed by atoms with Gasteiger partial charge in [0.25, 0.3) is 0 Å². The largest absolute Gasteiger partial charge is 0.329 e. The Balaban J connectivity index is 1.88. The zero-order valence-electron chi connectivity index (χ0n) is 13.2. The predicted molar refractivity (Wildman–Crippen MR) is 89.9 cm³/mol. The summed E-state index contributed by atoms with van der Waals surface area (Å²) in [5.41, 5.74) is 11.4. The van der Waals surface area contributed by atoms with Crippen molar-refractivity contribution in [1.29, 1.82) is 0 Å². The number of aryl methyl sites for hydroxylation is 4. The molecule has 22 heavy (non-hydrogen) atoms. The number of pyridine rings is 1. The van der Waals surface area contributed by atoms with E-state index in [1.165, 1.54) is 11.1 Å². The molecular formula is C18H22N4. The molecule has 0 saturated carbocycles. The van der Waals surface area contributed by atoms with E-state index in [1.807, 2.05) is 13.1 Å². The molecule has 1 aromatic carbocycles. The topological polar surface area (TPSA) is 56.7 Å². The Labute approximate surface area is 131 Å². The fourth-order valence-corrected chi connectivity index (χ4v) is 2.72. The predicted octanol–water partition coefficient (Wildman–Crippen LogP) is 2.79. The molecule has 0 spiro atoms. The molecule has 0 aliphatic heterocycles. The molecule has 0 fully saturated rings. The molecule has 3 rings (SSSR count). The van der Waals surface area contributed by atoms with Crippen molar-refractivity contribution in [2.45, 2.75) is 33.2 Å². The summed E-state index contributed by atoms with van der Waals surface area (Å²) in [5.74, 6) is 1.07. The molecule has 0 radical (unpaired) electrons. The molecule has 0 aliphatic rings. The third kappa shape index (κ3) is 3.02. The summed E-state index contributed by atoms with van der Waals surface area (Å²) in [6.07, 6.45) is 3.77. The lowest BCUT2D eigenvalue weighted by Gasteiger charge is -2.07. The van der Waals surface area contributed by atoms with E-state index >= 15 is 0 Å². The van der Waals surface area contributed by atoms with Crippen molar-refractivity contribution < 1.29 is 0 Å². The molecule has 0 atom stereocenters. The minimum absolute atomic E-state index is 0.596. The molecule has 0 aliphatic carbocycles. The highest BCUT2D eigenvalue weighted by Gasteiger charge is 2.11. The van der Waals surface area contributed by atoms with Gasteiger partial charge in [-0.3, -0.25) is 0 Å². The second-order valence-electron chi connectivity index (χ2n) is 5.81. The van der Waals surface area contributed by atoms with Gasteiger partial charge in [-0.15, -0.1) is 0 Å². The molecule has 0 amide bonds. The minimum Gasteiger partial charge on any atom is -0.329 e. The smallest absolute Gasteiger partial charge is 0.160 e. The van der Waals surface area contributed by atoms with Crippen LogP contribution in [0.25, 0.3) is 11.2 Å². The summed E-state index contributed by atoms with van der Waals surface area (Å²) in [7, 11) is 0. The Kier molecular flexibility index (Phi) is 4.20. The van der Waals surface area contributed by atoms with Gasteiger partial charge in [0.05, 0.1) is 0 Å². The highest BCUT2D eigenvalue weighted by molar-refractivity contribution is 5.72. The van der Waals surface area contributed by atoms with E-state index in [4.69, 9.17) is 10.7 Å². The fourth-order valence-electron chi connectivity index (χ4n) is 2.72. The summed E-state index contributed by atoms with van der Waals surface area (Å²) >= 11 is 0. The van der Waals surface area contributed by atoms with Crippen LogP contribution in [0.1, 0.15) is 22.5 Å². The number of imidazole rings is 1. The van der Waals surface area contributed by atoms with E-state index < -0.39 is 0 Å². The maximum atomic E-state index is 5.76. The van der Waals surface area contributed by atoms with E-state index in [0.29, 0.717) is 6.54 Å². The van der Waals surface area contributed by atoms with Gasteiger partial charge in [0.1, 0.15) is 11.3 Å². The van der Waals surface area contributed by atoms with Crippen LogP contribution in [0.3, 0.4) is 0 Å². The Morgan fingerprint density at radius 2 is 1.82 bits per heavy atom. The Morgan fingerprint density at radius 1 is 1.05 bits per heavy atom. The van der Waals surface area contributed by atoms with E-state index in [0.717, 1.165) is 41.9 Å². The lowest BCUT2D eigenvalue weighted by atomic mass is 10.1. The summed E-state index contributed by atoms with van der Waals surface area (Å²) in [5, 5.41) is 0. The van der Waals surface area contributed by atoms with E-state index in [1.54, 1.807) is 0 Å². The van der Waals surface area contributed by atoms with Crippen molar-refractivity contribution in [3.63, 3.8) is 0 Å². The summed E-state index contributed by atoms with van der Waals surface area (Å²) in [4.78, 5) is 9.30. The van der Waals surface area contributed by atoms with Crippen molar-refractivity contribution in [1.82, 2.24) is 14.5 Å². The molecule has 2 aromatic heterocycles. The van der Waals surface area contributed by atoms with Gasteiger partial charge in [-0.25, -0.2) is 9.97 Å². The molecule has 114 valence electrons. The first-order valence-electron chi connectivity index (χ1n) is 7.75. The van der Waals surface area contributed by atoms with Gasteiger partial charge in [0.2, 0.25) is 0 Å². The summed E-state index contributed by atoms with van der Waals surface area (Å²) in [6.45, 7) is 5.51. The quantitative estimate of drug-likeness (QED) is 0.787. The first-order chi connectivity index (χ1) is 10.7. The van der Waals surface area contributed by atoms with Crippen molar-refractivity contribution in [3.8, 4) is 0 Å². The summed E-state index contributed by atoms with van der Waals surface area (Å²) < 4.78 is 2.16. The van der Waals surface area contributed by atoms with Crippen LogP contribution in [0.15, 0.2) is 36.5 Å². The molecule has 2 heterocycles. The number of aromatic nitrogens is 3. The molecule has 3 aromatic rings. The number of nitrogens with two attached hydrogens (primary N) is 1. The number of hydrogen-bond donors (Lipinski definition) is 1. The number of hydrogen-bond acceptors (Lipinski definition) is 3. The number of nitrogens with zero attached hydrogens (tertiary/aromatic N) is 3. The van der Waals surface area contributed by atoms with Gasteiger partial charge in [-0.05, 0) is 37.5 Å². The lowest BCUT2D eigenvalue weighted by Crippen LogP contribution is -2.13. The first kappa shape index (κ1) is 14.7. The number of fused-ring (bicyclic) bond motifs is 1. The van der Waals surface area contributed by atoms with Gasteiger partial charge in [0, 0.05) is 25.7 Å². The third-order valence-electron chi connectivity index (χ3n) is 3.91. The van der Waals surface area contributed by atoms with Crippen LogP contribution in [0.5, 0.6) is 0 Å². The number of benzene rings is 1. The van der Waals surface area contributed by atoms with Crippen molar-refractivity contribution in [2.24, 2.45) is 5.73 Å². The van der Waals surface area contributed by atoms with Crippen molar-refractivity contribution in [3.05, 3.63) is 59.0 Å². The standard InChI is InChI=1S/C18H22N4/c1-13-3-5-15(6-4-13)7-8-17-21-16-11-14(2)12-20-18(16)22(17)10-9-19/h3-6,11-12H,7-10,19H2,1-2H3. The summed E-state index contributed by atoms with van der Waals surface area (Å²) in [6, 6.07) is 10.8. The third-order valence-corrected chi connectivity index (χ3v) is 3.91. The fraction of sp³-hybridized carbons (Fsp3) is 0.333. The van der Waals surface area contributed by atoms with Crippen molar-refractivity contribution >= 4 is 11.2 Å². The second kappa shape index (κ2) is 6.28. The molecular weight excluding hydrogens is 272 g/mol. The zero-order valence-corrected chi connectivity index (χ0v) is 13.2. The van der Waals surface area contributed by atoms with Gasteiger partial charge in [-0.2, -0.15) is 0 Å². The molecule has 2 N–H and O–H groups in total. The maximum absolute atomic E-state index is 5.76. The van der Waals surface area contributed by atoms with Crippen LogP contribution in [0.4, 0.5) is 0 Å². The average molecular weight is 294 g/mol. The normalized spacial score (nSPS) is 11.2. The lowest BCUT2D eigenvalue weighted by molar-refractivity contribution is 0.667. The second-order valence-corrected chi connectivity index (χ2v) is 5.81. The Hall–Kier alpha value is -2.20. The molecule has 0 bridgehead atoms. The maximum Gasteiger partial charge on any atom is 0.160 e. The van der Waals surface area contributed by atoms with Gasteiger partial charge >= 0.3 is 0 Å². The molecule has 4 nitrogen and oxygen atoms in total. The van der Waals surface area contributed by atoms with E-state index in [2.05, 4.69) is 46.8 Å². The van der Waals surface area contributed by atoms with Crippen LogP contribution >= 0.6 is 0 Å².